The molecule has 0 aliphatic carbocycles. The topological polar surface area (TPSA) is 60.7 Å². The van der Waals surface area contributed by atoms with Gasteiger partial charge in [-0.15, -0.1) is 10.2 Å². The molecule has 0 aliphatic heterocycles. The third-order valence-corrected chi connectivity index (χ3v) is 4.50. The number of carbonyl (C=O) groups is 1. The summed E-state index contributed by atoms with van der Waals surface area (Å²) in [7, 11) is 0. The molecule has 0 saturated carbocycles. The van der Waals surface area contributed by atoms with Gasteiger partial charge in [-0.05, 0) is 18.6 Å². The summed E-state index contributed by atoms with van der Waals surface area (Å²) in [6.45, 7) is 2.92. The maximum atomic E-state index is 12.3. The highest BCUT2D eigenvalue weighted by Gasteiger charge is 2.15. The average molecular weight is 338 g/mol. The van der Waals surface area contributed by atoms with E-state index in [2.05, 4.69) is 26.7 Å². The lowest BCUT2D eigenvalue weighted by molar-refractivity contribution is 0.102. The van der Waals surface area contributed by atoms with Crippen LogP contribution in [0.1, 0.15) is 23.7 Å². The van der Waals surface area contributed by atoms with Gasteiger partial charge < -0.3 is 4.57 Å². The first kappa shape index (κ1) is 16.4. The monoisotopic (exact) mass is 338 g/mol. The molecule has 6 heteroatoms. The minimum Gasteiger partial charge on any atom is -0.302 e. The lowest BCUT2D eigenvalue weighted by Gasteiger charge is -2.08. The van der Waals surface area contributed by atoms with Crippen molar-refractivity contribution in [2.45, 2.75) is 25.0 Å². The van der Waals surface area contributed by atoms with Crippen molar-refractivity contribution in [2.75, 3.05) is 5.75 Å². The van der Waals surface area contributed by atoms with Crippen LogP contribution in [0.3, 0.4) is 0 Å². The van der Waals surface area contributed by atoms with Crippen molar-refractivity contribution in [1.82, 2.24) is 19.7 Å². The standard InChI is InChI=1S/C18H18N4OS/c1-2-12-22-17(15-8-10-19-11-9-15)20-21-18(22)24-13-16(23)14-6-4-3-5-7-14/h3-11H,2,12-13H2,1H3. The molecule has 0 radical (unpaired) electrons. The Kier molecular flexibility index (Phi) is 5.38. The van der Waals surface area contributed by atoms with Crippen molar-refractivity contribution in [3.8, 4) is 11.4 Å². The van der Waals surface area contributed by atoms with E-state index in [0.29, 0.717) is 5.75 Å². The van der Waals surface area contributed by atoms with E-state index in [0.717, 1.165) is 35.1 Å². The molecular weight excluding hydrogens is 320 g/mol. The zero-order valence-corrected chi connectivity index (χ0v) is 14.2. The summed E-state index contributed by atoms with van der Waals surface area (Å²) in [5.41, 5.74) is 1.70. The Labute approximate surface area is 145 Å². The number of aromatic nitrogens is 4. The van der Waals surface area contributed by atoms with Crippen LogP contribution in [0.4, 0.5) is 0 Å². The van der Waals surface area contributed by atoms with Crippen molar-refractivity contribution in [2.24, 2.45) is 0 Å². The average Bonchev–Trinajstić information content (AvgIpc) is 3.04. The first-order valence-corrected chi connectivity index (χ1v) is 8.82. The molecule has 0 fully saturated rings. The van der Waals surface area contributed by atoms with E-state index < -0.39 is 0 Å². The van der Waals surface area contributed by atoms with Crippen LogP contribution in [0.5, 0.6) is 0 Å². The second kappa shape index (κ2) is 7.88. The third-order valence-electron chi connectivity index (χ3n) is 3.53. The van der Waals surface area contributed by atoms with Crippen LogP contribution in [0.25, 0.3) is 11.4 Å². The van der Waals surface area contributed by atoms with E-state index in [1.165, 1.54) is 11.8 Å². The Hall–Kier alpha value is -2.47. The van der Waals surface area contributed by atoms with Gasteiger partial charge in [-0.2, -0.15) is 0 Å². The molecule has 0 N–H and O–H groups in total. The SMILES string of the molecule is CCCn1c(SCC(=O)c2ccccc2)nnc1-c1ccncc1. The molecule has 5 nitrogen and oxygen atoms in total. The lowest BCUT2D eigenvalue weighted by Crippen LogP contribution is -2.06. The summed E-state index contributed by atoms with van der Waals surface area (Å²) < 4.78 is 2.07. The van der Waals surface area contributed by atoms with E-state index in [-0.39, 0.29) is 5.78 Å². The van der Waals surface area contributed by atoms with Crippen LogP contribution < -0.4 is 0 Å². The van der Waals surface area contributed by atoms with E-state index in [4.69, 9.17) is 0 Å². The molecular formula is C18H18N4OS. The Morgan fingerprint density at radius 1 is 1.08 bits per heavy atom. The Bertz CT molecular complexity index is 802. The largest absolute Gasteiger partial charge is 0.302 e. The summed E-state index contributed by atoms with van der Waals surface area (Å²) in [6, 6.07) is 13.2. The molecule has 2 aromatic heterocycles. The second-order valence-corrected chi connectivity index (χ2v) is 6.21. The molecule has 1 aromatic carbocycles. The molecule has 122 valence electrons. The Morgan fingerprint density at radius 3 is 2.54 bits per heavy atom. The van der Waals surface area contributed by atoms with Gasteiger partial charge in [0.05, 0.1) is 5.75 Å². The van der Waals surface area contributed by atoms with E-state index in [9.17, 15) is 4.79 Å². The molecule has 0 aliphatic rings. The van der Waals surface area contributed by atoms with Crippen molar-refractivity contribution in [3.63, 3.8) is 0 Å². The van der Waals surface area contributed by atoms with Crippen molar-refractivity contribution in [1.29, 1.82) is 0 Å². The van der Waals surface area contributed by atoms with Gasteiger partial charge in [0, 0.05) is 30.1 Å². The molecule has 0 bridgehead atoms. The lowest BCUT2D eigenvalue weighted by atomic mass is 10.2. The summed E-state index contributed by atoms with van der Waals surface area (Å²) >= 11 is 1.43. The maximum Gasteiger partial charge on any atom is 0.191 e. The molecule has 24 heavy (non-hydrogen) atoms. The number of nitrogens with zero attached hydrogens (tertiary/aromatic N) is 4. The molecule has 0 amide bonds. The normalized spacial score (nSPS) is 10.7. The second-order valence-electron chi connectivity index (χ2n) is 5.27. The fourth-order valence-corrected chi connectivity index (χ4v) is 3.23. The quantitative estimate of drug-likeness (QED) is 0.485. The minimum absolute atomic E-state index is 0.0945. The van der Waals surface area contributed by atoms with Crippen molar-refractivity contribution < 1.29 is 4.79 Å². The molecule has 0 spiro atoms. The van der Waals surface area contributed by atoms with Gasteiger partial charge in [0.2, 0.25) is 0 Å². The van der Waals surface area contributed by atoms with Gasteiger partial charge in [0.15, 0.2) is 16.8 Å². The van der Waals surface area contributed by atoms with Crippen LogP contribution in [-0.4, -0.2) is 31.3 Å². The Balaban J connectivity index is 1.79. The zero-order valence-electron chi connectivity index (χ0n) is 13.4. The number of pyridine rings is 1. The van der Waals surface area contributed by atoms with Crippen LogP contribution >= 0.6 is 11.8 Å². The molecule has 2 heterocycles. The van der Waals surface area contributed by atoms with E-state index >= 15 is 0 Å². The predicted octanol–water partition coefficient (Wildman–Crippen LogP) is 3.73. The predicted molar refractivity (Wildman–Crippen MR) is 95.0 cm³/mol. The van der Waals surface area contributed by atoms with Gasteiger partial charge >= 0.3 is 0 Å². The smallest absolute Gasteiger partial charge is 0.191 e. The van der Waals surface area contributed by atoms with E-state index in [1.807, 2.05) is 42.5 Å². The van der Waals surface area contributed by atoms with Crippen LogP contribution in [0.15, 0.2) is 60.0 Å². The zero-order chi connectivity index (χ0) is 16.8. The van der Waals surface area contributed by atoms with Crippen LogP contribution in [0.2, 0.25) is 0 Å². The van der Waals surface area contributed by atoms with Gasteiger partial charge in [-0.25, -0.2) is 0 Å². The number of hydrogen-bond donors (Lipinski definition) is 0. The van der Waals surface area contributed by atoms with Crippen molar-refractivity contribution >= 4 is 17.5 Å². The molecule has 0 unspecified atom stereocenters. The van der Waals surface area contributed by atoms with Gasteiger partial charge in [0.1, 0.15) is 0 Å². The number of thioether (sulfide) groups is 1. The third kappa shape index (κ3) is 3.71. The van der Waals surface area contributed by atoms with Crippen LogP contribution in [-0.2, 0) is 6.54 Å². The molecule has 0 atom stereocenters. The van der Waals surface area contributed by atoms with E-state index in [1.54, 1.807) is 12.4 Å². The molecule has 0 saturated heterocycles. The first-order chi connectivity index (χ1) is 11.8. The number of hydrogen-bond acceptors (Lipinski definition) is 5. The van der Waals surface area contributed by atoms with Crippen molar-refractivity contribution in [3.05, 3.63) is 60.4 Å². The van der Waals surface area contributed by atoms with Gasteiger partial charge in [-0.3, -0.25) is 9.78 Å². The highest BCUT2D eigenvalue weighted by Crippen LogP contribution is 2.24. The summed E-state index contributed by atoms with van der Waals surface area (Å²) in [6.07, 6.45) is 4.45. The van der Waals surface area contributed by atoms with Crippen LogP contribution in [0, 0.1) is 0 Å². The highest BCUT2D eigenvalue weighted by molar-refractivity contribution is 7.99. The fourth-order valence-electron chi connectivity index (χ4n) is 2.37. The summed E-state index contributed by atoms with van der Waals surface area (Å²) in [4.78, 5) is 16.3. The highest BCUT2D eigenvalue weighted by atomic mass is 32.2. The number of carbonyl (C=O) groups excluding carboxylic acids is 1. The summed E-state index contributed by atoms with van der Waals surface area (Å²) in [5.74, 6) is 1.26. The number of rotatable bonds is 7. The van der Waals surface area contributed by atoms with Gasteiger partial charge in [0.25, 0.3) is 0 Å². The number of Topliss-reactive ketones (excluding diaryl/α,β-unsaturated/α-hetero) is 1. The molecule has 3 rings (SSSR count). The maximum absolute atomic E-state index is 12.3. The fraction of sp³-hybridized carbons (Fsp3) is 0.222. The number of benzene rings is 1. The molecule has 3 aromatic rings. The van der Waals surface area contributed by atoms with Gasteiger partial charge in [-0.1, -0.05) is 49.0 Å². The first-order valence-electron chi connectivity index (χ1n) is 7.84. The Morgan fingerprint density at radius 2 is 1.83 bits per heavy atom. The summed E-state index contributed by atoms with van der Waals surface area (Å²) in [5, 5.41) is 9.36. The number of ketones is 1. The minimum atomic E-state index is 0.0945.